The van der Waals surface area contributed by atoms with Gasteiger partial charge in [-0.15, -0.1) is 0 Å². The predicted molar refractivity (Wildman–Crippen MR) is 146 cm³/mol. The molecule has 0 amide bonds. The zero-order chi connectivity index (χ0) is 27.6. The number of hydrogen-bond donors (Lipinski definition) is 2. The molecule has 2 aromatic rings. The summed E-state index contributed by atoms with van der Waals surface area (Å²) in [5, 5.41) is 15.7. The standard InChI is InChI=1S/C26H35BrF3N5OSi/c1-16-14-32-24(35-23(16)34-21-10-8-7-9-17(21)13-31)33-19-11-18(15-36-37(5,6)25(2,3)4)22(27)20(12-19)26(28,29)30/h11-12,14,17,21H,7-10,15H2,1-6H3,(H2,32,33,34,35)/t17-,21+/m0/s1. The number of aromatic nitrogens is 2. The number of benzene rings is 1. The molecule has 6 nitrogen and oxygen atoms in total. The van der Waals surface area contributed by atoms with Gasteiger partial charge in [0.15, 0.2) is 8.32 Å². The molecule has 37 heavy (non-hydrogen) atoms. The van der Waals surface area contributed by atoms with E-state index in [2.05, 4.69) is 76.5 Å². The molecule has 2 N–H and O–H groups in total. The number of aryl methyl sites for hydroxylation is 1. The maximum absolute atomic E-state index is 13.9. The van der Waals surface area contributed by atoms with Gasteiger partial charge in [-0.25, -0.2) is 4.98 Å². The average molecular weight is 599 g/mol. The van der Waals surface area contributed by atoms with Crippen molar-refractivity contribution in [2.24, 2.45) is 5.92 Å². The Kier molecular flexibility index (Phi) is 8.97. The van der Waals surface area contributed by atoms with E-state index in [9.17, 15) is 18.4 Å². The zero-order valence-electron chi connectivity index (χ0n) is 22.2. The van der Waals surface area contributed by atoms with Crippen LogP contribution in [0.1, 0.15) is 63.1 Å². The van der Waals surface area contributed by atoms with Crippen molar-refractivity contribution in [3.05, 3.63) is 39.5 Å². The van der Waals surface area contributed by atoms with Crippen molar-refractivity contribution in [2.45, 2.75) is 90.3 Å². The van der Waals surface area contributed by atoms with Crippen LogP contribution in [-0.4, -0.2) is 24.3 Å². The van der Waals surface area contributed by atoms with E-state index < -0.39 is 20.1 Å². The molecular formula is C26H35BrF3N5OSi. The molecule has 202 valence electrons. The van der Waals surface area contributed by atoms with Gasteiger partial charge in [-0.3, -0.25) is 0 Å². The normalized spacial score (nSPS) is 18.8. The summed E-state index contributed by atoms with van der Waals surface area (Å²) < 4.78 is 47.9. The summed E-state index contributed by atoms with van der Waals surface area (Å²) in [6.07, 6.45) is 0.817. The zero-order valence-corrected chi connectivity index (χ0v) is 24.8. The first-order valence-electron chi connectivity index (χ1n) is 12.4. The monoisotopic (exact) mass is 597 g/mol. The largest absolute Gasteiger partial charge is 0.417 e. The predicted octanol–water partition coefficient (Wildman–Crippen LogP) is 8.33. The van der Waals surface area contributed by atoms with Gasteiger partial charge in [0.1, 0.15) is 5.82 Å². The third-order valence-corrected chi connectivity index (χ3v) is 12.7. The Balaban J connectivity index is 1.90. The smallest absolute Gasteiger partial charge is 0.413 e. The third kappa shape index (κ3) is 7.24. The molecule has 0 radical (unpaired) electrons. The molecule has 0 saturated heterocycles. The summed E-state index contributed by atoms with van der Waals surface area (Å²) >= 11 is 3.16. The van der Waals surface area contributed by atoms with Gasteiger partial charge in [-0.05, 0) is 71.5 Å². The van der Waals surface area contributed by atoms with Gasteiger partial charge >= 0.3 is 6.18 Å². The highest BCUT2D eigenvalue weighted by atomic mass is 79.9. The summed E-state index contributed by atoms with van der Waals surface area (Å²) in [6.45, 7) is 12.3. The lowest BCUT2D eigenvalue weighted by atomic mass is 9.85. The van der Waals surface area contributed by atoms with Gasteiger partial charge in [0.25, 0.3) is 0 Å². The summed E-state index contributed by atoms with van der Waals surface area (Å²) in [5.74, 6) is 0.632. The first-order chi connectivity index (χ1) is 17.1. The van der Waals surface area contributed by atoms with Gasteiger partial charge < -0.3 is 15.1 Å². The summed E-state index contributed by atoms with van der Waals surface area (Å²) in [4.78, 5) is 8.82. The number of hydrogen-bond acceptors (Lipinski definition) is 6. The number of rotatable bonds is 7. The molecule has 0 spiro atoms. The second kappa shape index (κ2) is 11.3. The van der Waals surface area contributed by atoms with Gasteiger partial charge in [-0.2, -0.15) is 23.4 Å². The Morgan fingerprint density at radius 1 is 1.19 bits per heavy atom. The molecule has 1 aromatic heterocycles. The van der Waals surface area contributed by atoms with Crippen LogP contribution in [0.4, 0.5) is 30.6 Å². The van der Waals surface area contributed by atoms with Gasteiger partial charge in [-0.1, -0.05) is 33.6 Å². The molecule has 0 unspecified atom stereocenters. The van der Waals surface area contributed by atoms with E-state index in [4.69, 9.17) is 4.43 Å². The Morgan fingerprint density at radius 2 is 1.86 bits per heavy atom. The van der Waals surface area contributed by atoms with E-state index in [0.29, 0.717) is 11.4 Å². The minimum Gasteiger partial charge on any atom is -0.413 e. The SMILES string of the molecule is Cc1cnc(Nc2cc(CO[Si](C)(C)C(C)(C)C)c(Br)c(C(F)(F)F)c2)nc1N[C@@H]1CCCC[C@H]1C#N. The molecule has 2 atom stereocenters. The van der Waals surface area contributed by atoms with Crippen LogP contribution in [0.15, 0.2) is 22.8 Å². The maximum atomic E-state index is 13.9. The van der Waals surface area contributed by atoms with E-state index in [-0.39, 0.29) is 39.7 Å². The Hall–Kier alpha value is -2.16. The van der Waals surface area contributed by atoms with Crippen LogP contribution >= 0.6 is 15.9 Å². The quantitative estimate of drug-likeness (QED) is 0.312. The number of nitrogens with zero attached hydrogens (tertiary/aromatic N) is 3. The molecule has 1 saturated carbocycles. The lowest BCUT2D eigenvalue weighted by Crippen LogP contribution is -2.40. The van der Waals surface area contributed by atoms with E-state index in [1.165, 1.54) is 0 Å². The highest BCUT2D eigenvalue weighted by Gasteiger charge is 2.38. The van der Waals surface area contributed by atoms with Crippen LogP contribution in [0.3, 0.4) is 0 Å². The first-order valence-corrected chi connectivity index (χ1v) is 16.1. The van der Waals surface area contributed by atoms with E-state index >= 15 is 0 Å². The first kappa shape index (κ1) is 29.4. The van der Waals surface area contributed by atoms with Crippen molar-refractivity contribution in [1.82, 2.24) is 9.97 Å². The molecule has 0 bridgehead atoms. The van der Waals surface area contributed by atoms with Gasteiger partial charge in [0.05, 0.1) is 24.2 Å². The van der Waals surface area contributed by atoms with Crippen molar-refractivity contribution < 1.29 is 17.6 Å². The van der Waals surface area contributed by atoms with E-state index in [0.717, 1.165) is 37.3 Å². The van der Waals surface area contributed by atoms with Crippen molar-refractivity contribution in [3.63, 3.8) is 0 Å². The van der Waals surface area contributed by atoms with Crippen LogP contribution < -0.4 is 10.6 Å². The molecule has 1 aromatic carbocycles. The molecule has 1 aliphatic carbocycles. The highest BCUT2D eigenvalue weighted by molar-refractivity contribution is 9.10. The van der Waals surface area contributed by atoms with Crippen LogP contribution in [0, 0.1) is 24.2 Å². The summed E-state index contributed by atoms with van der Waals surface area (Å²) in [5.41, 5.74) is 0.609. The fourth-order valence-electron chi connectivity index (χ4n) is 3.95. The maximum Gasteiger partial charge on any atom is 0.417 e. The van der Waals surface area contributed by atoms with Crippen LogP contribution in [0.5, 0.6) is 0 Å². The lowest BCUT2D eigenvalue weighted by Gasteiger charge is -2.36. The lowest BCUT2D eigenvalue weighted by molar-refractivity contribution is -0.138. The number of alkyl halides is 3. The fourth-order valence-corrected chi connectivity index (χ4v) is 5.47. The number of nitrogens with one attached hydrogen (secondary N) is 2. The van der Waals surface area contributed by atoms with Crippen LogP contribution in [-0.2, 0) is 17.2 Å². The Morgan fingerprint density at radius 3 is 2.49 bits per heavy atom. The van der Waals surface area contributed by atoms with E-state index in [1.807, 2.05) is 6.92 Å². The molecular weight excluding hydrogens is 563 g/mol. The summed E-state index contributed by atoms with van der Waals surface area (Å²) in [6, 6.07) is 5.03. The van der Waals surface area contributed by atoms with Gasteiger partial charge in [0, 0.05) is 28.0 Å². The number of nitriles is 1. The molecule has 1 aliphatic rings. The van der Waals surface area contributed by atoms with Crippen LogP contribution in [0.25, 0.3) is 0 Å². The second-order valence-corrected chi connectivity index (χ2v) is 16.8. The topological polar surface area (TPSA) is 82.9 Å². The van der Waals surface area contributed by atoms with Gasteiger partial charge in [0.2, 0.25) is 5.95 Å². The minimum absolute atomic E-state index is 0.0243. The Labute approximate surface area is 226 Å². The molecule has 1 fully saturated rings. The fraction of sp³-hybridized carbons (Fsp3) is 0.577. The van der Waals surface area contributed by atoms with E-state index in [1.54, 1.807) is 12.3 Å². The van der Waals surface area contributed by atoms with Crippen molar-refractivity contribution in [2.75, 3.05) is 10.6 Å². The number of halogens is 4. The summed E-state index contributed by atoms with van der Waals surface area (Å²) in [7, 11) is -2.19. The molecule has 3 rings (SSSR count). The molecule has 1 heterocycles. The van der Waals surface area contributed by atoms with Crippen molar-refractivity contribution in [1.29, 1.82) is 5.26 Å². The molecule has 0 aliphatic heterocycles. The minimum atomic E-state index is -4.56. The average Bonchev–Trinajstić information content (AvgIpc) is 2.80. The van der Waals surface area contributed by atoms with Crippen molar-refractivity contribution in [3.8, 4) is 6.07 Å². The third-order valence-electron chi connectivity index (χ3n) is 7.33. The molecule has 11 heteroatoms. The number of anilines is 3. The second-order valence-electron chi connectivity index (χ2n) is 11.2. The van der Waals surface area contributed by atoms with Crippen molar-refractivity contribution >= 4 is 41.7 Å². The van der Waals surface area contributed by atoms with Crippen LogP contribution in [0.2, 0.25) is 18.1 Å². The highest BCUT2D eigenvalue weighted by Crippen LogP contribution is 2.41. The Bertz CT molecular complexity index is 1160.